The Morgan fingerprint density at radius 1 is 1.50 bits per heavy atom. The van der Waals surface area contributed by atoms with Crippen molar-refractivity contribution in [3.63, 3.8) is 0 Å². The molecule has 1 unspecified atom stereocenters. The first-order chi connectivity index (χ1) is 10.1. The predicted molar refractivity (Wildman–Crippen MR) is 73.8 cm³/mol. The summed E-state index contributed by atoms with van der Waals surface area (Å²) in [5, 5.41) is 9.82. The third kappa shape index (κ3) is 2.10. The molecule has 4 nitrogen and oxygen atoms in total. The minimum Gasteiger partial charge on any atom is -0.489 e. The molecular formula is C14H16ClF3N2O2. The van der Waals surface area contributed by atoms with Gasteiger partial charge in [0.1, 0.15) is 0 Å². The highest BCUT2D eigenvalue weighted by Gasteiger charge is 2.57. The number of nitrogens with two attached hydrogens (primary N) is 1. The molecule has 2 heterocycles. The topological polar surface area (TPSA) is 68.4 Å². The van der Waals surface area contributed by atoms with E-state index in [0.717, 1.165) is 12.8 Å². The lowest BCUT2D eigenvalue weighted by molar-refractivity contribution is -0.263. The fraction of sp³-hybridized carbons (Fsp3) is 0.643. The van der Waals surface area contributed by atoms with Gasteiger partial charge in [0.05, 0.1) is 12.3 Å². The standard InChI is InChI=1S/C14H16ClF3N2O2/c1-12(7-2-3-7)6-22-10-8(12)4-9(20-11(10)15)13(21,5-19)14(16,17)18/h4,7,21H,2-3,5-6,19H2,1H3/t12-,13?/m1/s1. The summed E-state index contributed by atoms with van der Waals surface area (Å²) in [6, 6.07) is 1.24. The van der Waals surface area contributed by atoms with Crippen molar-refractivity contribution in [1.29, 1.82) is 0 Å². The predicted octanol–water partition coefficient (Wildman–Crippen LogP) is 2.50. The van der Waals surface area contributed by atoms with E-state index in [1.807, 2.05) is 6.92 Å². The second-order valence-electron chi connectivity index (χ2n) is 6.22. The molecule has 0 radical (unpaired) electrons. The molecule has 0 amide bonds. The number of alkyl halides is 3. The first kappa shape index (κ1) is 15.8. The quantitative estimate of drug-likeness (QED) is 0.832. The second-order valence-corrected chi connectivity index (χ2v) is 6.58. The van der Waals surface area contributed by atoms with Crippen molar-refractivity contribution in [2.24, 2.45) is 11.7 Å². The van der Waals surface area contributed by atoms with E-state index < -0.39 is 29.4 Å². The van der Waals surface area contributed by atoms with E-state index in [-0.39, 0.29) is 5.15 Å². The van der Waals surface area contributed by atoms with Gasteiger partial charge in [0, 0.05) is 17.5 Å². The number of halogens is 4. The van der Waals surface area contributed by atoms with Crippen LogP contribution in [0.15, 0.2) is 6.07 Å². The summed E-state index contributed by atoms with van der Waals surface area (Å²) in [4.78, 5) is 3.69. The Labute approximate surface area is 130 Å². The summed E-state index contributed by atoms with van der Waals surface area (Å²) in [5.74, 6) is 0.651. The zero-order chi connectivity index (χ0) is 16.3. The van der Waals surface area contributed by atoms with Crippen molar-refractivity contribution in [1.82, 2.24) is 4.98 Å². The summed E-state index contributed by atoms with van der Waals surface area (Å²) in [6.45, 7) is 1.26. The second kappa shape index (κ2) is 4.72. The highest BCUT2D eigenvalue weighted by atomic mass is 35.5. The minimum absolute atomic E-state index is 0.173. The number of fused-ring (bicyclic) bond motifs is 1. The molecule has 22 heavy (non-hydrogen) atoms. The van der Waals surface area contributed by atoms with E-state index in [1.54, 1.807) is 0 Å². The highest BCUT2D eigenvalue weighted by molar-refractivity contribution is 6.31. The number of aliphatic hydroxyl groups is 1. The summed E-state index contributed by atoms with van der Waals surface area (Å²) in [6.07, 6.45) is -2.95. The smallest absolute Gasteiger partial charge is 0.424 e. The van der Waals surface area contributed by atoms with Crippen LogP contribution in [0, 0.1) is 5.92 Å². The van der Waals surface area contributed by atoms with Crippen molar-refractivity contribution in [2.75, 3.05) is 13.2 Å². The van der Waals surface area contributed by atoms with Crippen molar-refractivity contribution < 1.29 is 23.0 Å². The molecule has 1 aromatic heterocycles. The number of hydrogen-bond acceptors (Lipinski definition) is 4. The maximum absolute atomic E-state index is 13.2. The van der Waals surface area contributed by atoms with Gasteiger partial charge in [-0.25, -0.2) is 4.98 Å². The van der Waals surface area contributed by atoms with Crippen LogP contribution in [-0.2, 0) is 11.0 Å². The van der Waals surface area contributed by atoms with E-state index in [4.69, 9.17) is 22.1 Å². The fourth-order valence-corrected chi connectivity index (χ4v) is 3.25. The summed E-state index contributed by atoms with van der Waals surface area (Å²) < 4.78 is 45.1. The lowest BCUT2D eigenvalue weighted by atomic mass is 9.79. The van der Waals surface area contributed by atoms with Gasteiger partial charge in [-0.15, -0.1) is 0 Å². The molecule has 8 heteroatoms. The van der Waals surface area contributed by atoms with Crippen molar-refractivity contribution >= 4 is 11.6 Å². The zero-order valence-corrected chi connectivity index (χ0v) is 12.6. The molecule has 1 saturated carbocycles. The van der Waals surface area contributed by atoms with E-state index in [2.05, 4.69) is 4.98 Å². The van der Waals surface area contributed by atoms with Crippen LogP contribution in [0.5, 0.6) is 5.75 Å². The third-order valence-electron chi connectivity index (χ3n) is 4.73. The molecule has 3 N–H and O–H groups in total. The first-order valence-corrected chi connectivity index (χ1v) is 7.35. The van der Waals surface area contributed by atoms with Crippen LogP contribution < -0.4 is 10.5 Å². The minimum atomic E-state index is -4.94. The molecule has 3 rings (SSSR count). The van der Waals surface area contributed by atoms with Gasteiger partial charge in [0.2, 0.25) is 5.60 Å². The Bertz CT molecular complexity index is 621. The van der Waals surface area contributed by atoms with Gasteiger partial charge in [0.15, 0.2) is 10.9 Å². The SMILES string of the molecule is C[C@]1(C2CC2)COc2c1cc(C(O)(CN)C(F)(F)F)nc2Cl. The van der Waals surface area contributed by atoms with E-state index in [1.165, 1.54) is 6.07 Å². The Balaban J connectivity index is 2.15. The molecule has 1 aliphatic carbocycles. The van der Waals surface area contributed by atoms with Gasteiger partial charge < -0.3 is 15.6 Å². The molecular weight excluding hydrogens is 321 g/mol. The lowest BCUT2D eigenvalue weighted by Gasteiger charge is -2.30. The zero-order valence-electron chi connectivity index (χ0n) is 11.9. The maximum Gasteiger partial charge on any atom is 0.424 e. The Hall–Kier alpha value is -1.05. The number of ether oxygens (including phenoxy) is 1. The molecule has 1 fully saturated rings. The number of rotatable bonds is 3. The van der Waals surface area contributed by atoms with E-state index in [0.29, 0.717) is 23.8 Å². The molecule has 122 valence electrons. The number of nitrogens with zero attached hydrogens (tertiary/aromatic N) is 1. The van der Waals surface area contributed by atoms with Gasteiger partial charge in [0.25, 0.3) is 0 Å². The molecule has 0 spiro atoms. The van der Waals surface area contributed by atoms with Crippen molar-refractivity contribution in [3.05, 3.63) is 22.5 Å². The normalized spacial score (nSPS) is 27.2. The van der Waals surface area contributed by atoms with Crippen molar-refractivity contribution in [3.8, 4) is 5.75 Å². The molecule has 0 aromatic carbocycles. The largest absolute Gasteiger partial charge is 0.489 e. The number of hydrogen-bond donors (Lipinski definition) is 2. The van der Waals surface area contributed by atoms with Crippen LogP contribution in [0.4, 0.5) is 13.2 Å². The first-order valence-electron chi connectivity index (χ1n) is 6.97. The highest BCUT2D eigenvalue weighted by Crippen LogP contribution is 2.55. The van der Waals surface area contributed by atoms with Crippen LogP contribution in [0.3, 0.4) is 0 Å². The van der Waals surface area contributed by atoms with E-state index in [9.17, 15) is 18.3 Å². The number of pyridine rings is 1. The average Bonchev–Trinajstić information content (AvgIpc) is 3.23. The van der Waals surface area contributed by atoms with Crippen LogP contribution in [0.1, 0.15) is 31.0 Å². The Morgan fingerprint density at radius 3 is 2.64 bits per heavy atom. The summed E-state index contributed by atoms with van der Waals surface area (Å²) >= 11 is 5.98. The maximum atomic E-state index is 13.2. The molecule has 0 bridgehead atoms. The van der Waals surface area contributed by atoms with Crippen LogP contribution in [0.25, 0.3) is 0 Å². The van der Waals surface area contributed by atoms with Gasteiger partial charge in [-0.05, 0) is 24.8 Å². The van der Waals surface area contributed by atoms with Crippen molar-refractivity contribution in [2.45, 2.75) is 37.0 Å². The molecule has 1 aromatic rings. The Kier molecular flexibility index (Phi) is 3.40. The van der Waals surface area contributed by atoms with Gasteiger partial charge in [-0.3, -0.25) is 0 Å². The fourth-order valence-electron chi connectivity index (χ4n) is 3.00. The average molecular weight is 337 g/mol. The van der Waals surface area contributed by atoms with Crippen LogP contribution in [-0.4, -0.2) is 29.4 Å². The molecule has 0 saturated heterocycles. The Morgan fingerprint density at radius 2 is 2.14 bits per heavy atom. The van der Waals surface area contributed by atoms with Gasteiger partial charge in [-0.2, -0.15) is 13.2 Å². The monoisotopic (exact) mass is 336 g/mol. The molecule has 2 aliphatic rings. The summed E-state index contributed by atoms with van der Waals surface area (Å²) in [5.41, 5.74) is 1.54. The van der Waals surface area contributed by atoms with Gasteiger partial charge >= 0.3 is 6.18 Å². The molecule has 1 aliphatic heterocycles. The number of aromatic nitrogens is 1. The summed E-state index contributed by atoms with van der Waals surface area (Å²) in [7, 11) is 0. The van der Waals surface area contributed by atoms with Crippen LogP contribution >= 0.6 is 11.6 Å². The van der Waals surface area contributed by atoms with E-state index >= 15 is 0 Å². The van der Waals surface area contributed by atoms with Crippen LogP contribution in [0.2, 0.25) is 5.15 Å². The lowest BCUT2D eigenvalue weighted by Crippen LogP contribution is -2.49. The molecule has 2 atom stereocenters. The van der Waals surface area contributed by atoms with Gasteiger partial charge in [-0.1, -0.05) is 18.5 Å². The third-order valence-corrected chi connectivity index (χ3v) is 4.99.